The van der Waals surface area contributed by atoms with Crippen LogP contribution in [0.1, 0.15) is 33.5 Å². The van der Waals surface area contributed by atoms with Crippen molar-refractivity contribution in [3.63, 3.8) is 0 Å². The van der Waals surface area contributed by atoms with Crippen molar-refractivity contribution < 1.29 is 23.9 Å². The topological polar surface area (TPSA) is 112 Å². The number of nitrogens with one attached hydrogen (secondary N) is 1. The molecular weight excluding hydrogens is 372 g/mol. The lowest BCUT2D eigenvalue weighted by Crippen LogP contribution is -2.16. The van der Waals surface area contributed by atoms with Gasteiger partial charge in [0.15, 0.2) is 5.16 Å². The minimum absolute atomic E-state index is 0.0890. The highest BCUT2D eigenvalue weighted by atomic mass is 32.2. The summed E-state index contributed by atoms with van der Waals surface area (Å²) in [6.07, 6.45) is 0.743. The number of carbonyl (C=O) groups is 3. The van der Waals surface area contributed by atoms with E-state index >= 15 is 0 Å². The monoisotopic (exact) mass is 392 g/mol. The Kier molecular flexibility index (Phi) is 6.94. The van der Waals surface area contributed by atoms with Crippen LogP contribution in [-0.2, 0) is 27.7 Å². The molecule has 9 nitrogen and oxygen atoms in total. The van der Waals surface area contributed by atoms with Crippen molar-refractivity contribution in [3.05, 3.63) is 35.2 Å². The Balaban J connectivity index is 2.12. The van der Waals surface area contributed by atoms with E-state index in [0.29, 0.717) is 5.16 Å². The molecule has 1 N–H and O–H groups in total. The summed E-state index contributed by atoms with van der Waals surface area (Å²) in [5.74, 6) is -0.662. The molecule has 0 radical (unpaired) electrons. The fourth-order valence-electron chi connectivity index (χ4n) is 2.28. The Hall–Kier alpha value is -2.88. The Morgan fingerprint density at radius 2 is 1.67 bits per heavy atom. The number of ether oxygens (including phenoxy) is 2. The number of carbonyl (C=O) groups excluding carboxylic acids is 3. The molecule has 2 rings (SSSR count). The molecule has 10 heteroatoms. The van der Waals surface area contributed by atoms with Gasteiger partial charge in [0.05, 0.1) is 31.1 Å². The number of anilines is 1. The number of rotatable bonds is 7. The smallest absolute Gasteiger partial charge is 0.337 e. The largest absolute Gasteiger partial charge is 0.465 e. The number of aryl methyl sites for hydroxylation is 1. The molecule has 0 unspecified atom stereocenters. The van der Waals surface area contributed by atoms with E-state index in [1.54, 1.807) is 0 Å². The van der Waals surface area contributed by atoms with Crippen molar-refractivity contribution in [3.8, 4) is 0 Å². The Morgan fingerprint density at radius 1 is 1.07 bits per heavy atom. The molecule has 1 amide bonds. The normalized spacial score (nSPS) is 10.4. The zero-order valence-corrected chi connectivity index (χ0v) is 16.3. The number of hydrogen-bond acceptors (Lipinski definition) is 8. The number of benzene rings is 1. The molecule has 0 aliphatic rings. The van der Waals surface area contributed by atoms with Gasteiger partial charge in [0.25, 0.3) is 0 Å². The van der Waals surface area contributed by atoms with Gasteiger partial charge in [-0.15, -0.1) is 10.2 Å². The molecule has 0 saturated carbocycles. The lowest BCUT2D eigenvalue weighted by atomic mass is 10.1. The highest BCUT2D eigenvalue weighted by Crippen LogP contribution is 2.19. The van der Waals surface area contributed by atoms with Crippen molar-refractivity contribution in [2.24, 2.45) is 7.05 Å². The van der Waals surface area contributed by atoms with Gasteiger partial charge >= 0.3 is 11.9 Å². The minimum Gasteiger partial charge on any atom is -0.465 e. The average molecular weight is 392 g/mol. The van der Waals surface area contributed by atoms with Crippen LogP contribution >= 0.6 is 11.8 Å². The summed E-state index contributed by atoms with van der Waals surface area (Å²) in [7, 11) is 4.29. The number of methoxy groups -OCH3 is 2. The van der Waals surface area contributed by atoms with Crippen LogP contribution < -0.4 is 5.32 Å². The van der Waals surface area contributed by atoms with Crippen LogP contribution in [0, 0.1) is 0 Å². The van der Waals surface area contributed by atoms with Gasteiger partial charge in [0.1, 0.15) is 5.82 Å². The molecule has 0 bridgehead atoms. The number of hydrogen-bond donors (Lipinski definition) is 1. The summed E-state index contributed by atoms with van der Waals surface area (Å²) in [6, 6.07) is 4.20. The summed E-state index contributed by atoms with van der Waals surface area (Å²) < 4.78 is 11.2. The summed E-state index contributed by atoms with van der Waals surface area (Å²) in [5.41, 5.74) is 0.546. The second-order valence-electron chi connectivity index (χ2n) is 5.43. The number of esters is 2. The van der Waals surface area contributed by atoms with Crippen LogP contribution in [0.25, 0.3) is 0 Å². The van der Waals surface area contributed by atoms with Gasteiger partial charge in [-0.2, -0.15) is 0 Å². The predicted octanol–water partition coefficient (Wildman–Crippen LogP) is 1.68. The molecule has 0 atom stereocenters. The summed E-state index contributed by atoms with van der Waals surface area (Å²) in [5, 5.41) is 11.4. The van der Waals surface area contributed by atoms with Crippen molar-refractivity contribution >= 4 is 35.3 Å². The first-order valence-corrected chi connectivity index (χ1v) is 9.00. The highest BCUT2D eigenvalue weighted by molar-refractivity contribution is 7.99. The maximum Gasteiger partial charge on any atom is 0.337 e. The first-order valence-electron chi connectivity index (χ1n) is 8.02. The molecule has 0 aliphatic heterocycles. The van der Waals surface area contributed by atoms with Crippen LogP contribution in [0.2, 0.25) is 0 Å². The van der Waals surface area contributed by atoms with Gasteiger partial charge in [-0.25, -0.2) is 9.59 Å². The van der Waals surface area contributed by atoms with Gasteiger partial charge in [-0.3, -0.25) is 4.79 Å². The highest BCUT2D eigenvalue weighted by Gasteiger charge is 2.16. The second-order valence-corrected chi connectivity index (χ2v) is 6.37. The zero-order chi connectivity index (χ0) is 20.0. The van der Waals surface area contributed by atoms with E-state index < -0.39 is 11.9 Å². The Bertz CT molecular complexity index is 831. The van der Waals surface area contributed by atoms with E-state index in [2.05, 4.69) is 25.0 Å². The maximum atomic E-state index is 12.3. The number of aromatic nitrogens is 3. The molecule has 144 valence electrons. The van der Waals surface area contributed by atoms with Crippen molar-refractivity contribution in [2.75, 3.05) is 25.3 Å². The lowest BCUT2D eigenvalue weighted by molar-refractivity contribution is -0.113. The van der Waals surface area contributed by atoms with E-state index in [4.69, 9.17) is 0 Å². The fraction of sp³-hybridized carbons (Fsp3) is 0.353. The molecule has 2 aromatic rings. The summed E-state index contributed by atoms with van der Waals surface area (Å²) in [6.45, 7) is 1.97. The van der Waals surface area contributed by atoms with E-state index in [-0.39, 0.29) is 28.5 Å². The molecule has 1 heterocycles. The third kappa shape index (κ3) is 5.07. The van der Waals surface area contributed by atoms with Gasteiger partial charge in [0.2, 0.25) is 5.91 Å². The van der Waals surface area contributed by atoms with Crippen LogP contribution in [0.4, 0.5) is 5.69 Å². The number of nitrogens with zero attached hydrogens (tertiary/aromatic N) is 3. The molecule has 0 fully saturated rings. The molecule has 1 aromatic carbocycles. The average Bonchev–Trinajstić information content (AvgIpc) is 3.04. The first kappa shape index (κ1) is 20.4. The van der Waals surface area contributed by atoms with Crippen LogP contribution in [0.3, 0.4) is 0 Å². The standard InChI is InChI=1S/C17H20N4O5S/c1-5-13-19-20-17(21(13)2)27-9-14(22)18-12-7-10(15(23)25-3)6-11(8-12)16(24)26-4/h6-8H,5,9H2,1-4H3,(H,18,22). The van der Waals surface area contributed by atoms with Crippen LogP contribution in [-0.4, -0.2) is 52.6 Å². The molecule has 27 heavy (non-hydrogen) atoms. The van der Waals surface area contributed by atoms with E-state index in [1.165, 1.54) is 44.2 Å². The zero-order valence-electron chi connectivity index (χ0n) is 15.4. The lowest BCUT2D eigenvalue weighted by Gasteiger charge is -2.09. The maximum absolute atomic E-state index is 12.3. The second kappa shape index (κ2) is 9.17. The van der Waals surface area contributed by atoms with Gasteiger partial charge in [-0.05, 0) is 18.2 Å². The molecule has 0 saturated heterocycles. The Morgan fingerprint density at radius 3 is 2.15 bits per heavy atom. The van der Waals surface area contributed by atoms with Crippen molar-refractivity contribution in [2.45, 2.75) is 18.5 Å². The van der Waals surface area contributed by atoms with Gasteiger partial charge < -0.3 is 19.4 Å². The third-order valence-electron chi connectivity index (χ3n) is 3.63. The molecule has 0 spiro atoms. The predicted molar refractivity (Wildman–Crippen MR) is 98.9 cm³/mol. The first-order chi connectivity index (χ1) is 12.9. The number of thioether (sulfide) groups is 1. The summed E-state index contributed by atoms with van der Waals surface area (Å²) >= 11 is 1.23. The molecular formula is C17H20N4O5S. The van der Waals surface area contributed by atoms with E-state index in [0.717, 1.165) is 12.2 Å². The quantitative estimate of drug-likeness (QED) is 0.559. The van der Waals surface area contributed by atoms with Crippen molar-refractivity contribution in [1.82, 2.24) is 14.8 Å². The van der Waals surface area contributed by atoms with Gasteiger partial charge in [-0.1, -0.05) is 18.7 Å². The minimum atomic E-state index is -0.628. The fourth-order valence-corrected chi connectivity index (χ4v) is 3.01. The van der Waals surface area contributed by atoms with Crippen LogP contribution in [0.5, 0.6) is 0 Å². The SMILES string of the molecule is CCc1nnc(SCC(=O)Nc2cc(C(=O)OC)cc(C(=O)OC)c2)n1C. The molecule has 1 aromatic heterocycles. The number of amides is 1. The van der Waals surface area contributed by atoms with Crippen molar-refractivity contribution in [1.29, 1.82) is 0 Å². The summed E-state index contributed by atoms with van der Waals surface area (Å²) in [4.78, 5) is 35.8. The van der Waals surface area contributed by atoms with E-state index in [1.807, 2.05) is 18.5 Å². The third-order valence-corrected chi connectivity index (χ3v) is 4.65. The van der Waals surface area contributed by atoms with E-state index in [9.17, 15) is 14.4 Å². The molecule has 0 aliphatic carbocycles. The van der Waals surface area contributed by atoms with Crippen LogP contribution in [0.15, 0.2) is 23.4 Å². The van der Waals surface area contributed by atoms with Gasteiger partial charge in [0, 0.05) is 19.2 Å². The Labute approximate surface area is 160 Å².